The van der Waals surface area contributed by atoms with E-state index in [1.54, 1.807) is 0 Å². The van der Waals surface area contributed by atoms with E-state index >= 15 is 0 Å². The summed E-state index contributed by atoms with van der Waals surface area (Å²) in [5.74, 6) is -2.59. The van der Waals surface area contributed by atoms with E-state index in [1.165, 1.54) is 36.4 Å². The summed E-state index contributed by atoms with van der Waals surface area (Å²) in [6, 6.07) is 6.95. The highest BCUT2D eigenvalue weighted by Crippen LogP contribution is 2.26. The predicted molar refractivity (Wildman–Crippen MR) is 136 cm³/mol. The van der Waals surface area contributed by atoms with Crippen molar-refractivity contribution in [2.45, 2.75) is 24.7 Å². The summed E-state index contributed by atoms with van der Waals surface area (Å²) >= 11 is 11.9. The highest BCUT2D eigenvalue weighted by atomic mass is 35.5. The van der Waals surface area contributed by atoms with Crippen LogP contribution in [0.25, 0.3) is 0 Å². The maximum Gasteiger partial charge on any atom is 0.305 e. The van der Waals surface area contributed by atoms with Crippen LogP contribution in [0.1, 0.15) is 28.4 Å². The van der Waals surface area contributed by atoms with Crippen LogP contribution in [0, 0.1) is 0 Å². The first-order valence-electron chi connectivity index (χ1n) is 11.0. The number of nitrogens with one attached hydrogen (secondary N) is 4. The van der Waals surface area contributed by atoms with Crippen LogP contribution in [0.2, 0.25) is 10.0 Å². The second kappa shape index (κ2) is 12.6. The summed E-state index contributed by atoms with van der Waals surface area (Å²) in [6.45, 7) is -0.0594. The zero-order chi connectivity index (χ0) is 27.1. The number of aliphatic carboxylic acids is 1. The van der Waals surface area contributed by atoms with Crippen molar-refractivity contribution in [3.05, 3.63) is 57.6 Å². The molecule has 14 heteroatoms. The van der Waals surface area contributed by atoms with Gasteiger partial charge in [-0.2, -0.15) is 0 Å². The molecule has 8 N–H and O–H groups in total. The molecular formula is C23H25Cl2N5O7. The number of hydrogen-bond acceptors (Lipinski definition) is 9. The summed E-state index contributed by atoms with van der Waals surface area (Å²) in [5.41, 5.74) is 0.573. The van der Waals surface area contributed by atoms with Gasteiger partial charge in [0.15, 0.2) is 5.96 Å². The van der Waals surface area contributed by atoms with Crippen LogP contribution >= 0.6 is 23.2 Å². The number of guanidine groups is 1. The predicted octanol–water partition coefficient (Wildman–Crippen LogP) is 0.854. The fourth-order valence-corrected chi connectivity index (χ4v) is 4.04. The number of benzene rings is 2. The Hall–Kier alpha value is -3.58. The highest BCUT2D eigenvalue weighted by Gasteiger charge is 2.26. The van der Waals surface area contributed by atoms with E-state index in [-0.39, 0.29) is 40.0 Å². The fourth-order valence-electron chi connectivity index (χ4n) is 3.49. The third-order valence-corrected chi connectivity index (χ3v) is 5.60. The minimum Gasteiger partial charge on any atom is -0.508 e. The number of halogens is 2. The summed E-state index contributed by atoms with van der Waals surface area (Å²) in [5, 5.41) is 50.3. The molecule has 0 aliphatic carbocycles. The number of amides is 2. The molecular weight excluding hydrogens is 529 g/mol. The van der Waals surface area contributed by atoms with Gasteiger partial charge in [-0.3, -0.25) is 19.4 Å². The topological polar surface area (TPSA) is 193 Å². The van der Waals surface area contributed by atoms with Gasteiger partial charge in [-0.25, -0.2) is 0 Å². The van der Waals surface area contributed by atoms with Crippen LogP contribution in [0.3, 0.4) is 0 Å². The lowest BCUT2D eigenvalue weighted by atomic mass is 9.99. The smallest absolute Gasteiger partial charge is 0.305 e. The molecule has 0 saturated carbocycles. The summed E-state index contributed by atoms with van der Waals surface area (Å²) in [6.07, 6.45) is -2.66. The summed E-state index contributed by atoms with van der Waals surface area (Å²) < 4.78 is 0. The molecule has 37 heavy (non-hydrogen) atoms. The van der Waals surface area contributed by atoms with Crippen molar-refractivity contribution in [3.8, 4) is 5.75 Å². The Morgan fingerprint density at radius 2 is 1.81 bits per heavy atom. The van der Waals surface area contributed by atoms with Crippen LogP contribution in [0.4, 0.5) is 5.69 Å². The van der Waals surface area contributed by atoms with E-state index in [9.17, 15) is 34.8 Å². The average molecular weight is 554 g/mol. The van der Waals surface area contributed by atoms with Gasteiger partial charge in [-0.15, -0.1) is 0 Å². The Morgan fingerprint density at radius 1 is 1.11 bits per heavy atom. The van der Waals surface area contributed by atoms with Gasteiger partial charge in [0.1, 0.15) is 5.75 Å². The number of aliphatic hydroxyl groups is 2. The van der Waals surface area contributed by atoms with Crippen LogP contribution < -0.4 is 21.3 Å². The Balaban J connectivity index is 1.63. The van der Waals surface area contributed by atoms with Gasteiger partial charge in [0, 0.05) is 33.9 Å². The number of nitrogens with zero attached hydrogens (tertiary/aromatic N) is 1. The number of carboxylic acid groups (broad SMARTS) is 1. The fraction of sp³-hybridized carbons (Fsp3) is 0.304. The van der Waals surface area contributed by atoms with Gasteiger partial charge in [-0.05, 0) is 35.9 Å². The van der Waals surface area contributed by atoms with Crippen LogP contribution in [-0.4, -0.2) is 75.9 Å². The van der Waals surface area contributed by atoms with Gasteiger partial charge >= 0.3 is 5.97 Å². The second-order valence-corrected chi connectivity index (χ2v) is 9.09. The molecule has 3 rings (SSSR count). The molecule has 0 saturated heterocycles. The normalized spacial score (nSPS) is 16.5. The van der Waals surface area contributed by atoms with Crippen LogP contribution in [-0.2, 0) is 9.59 Å². The number of carbonyl (C=O) groups excluding carboxylic acids is 2. The van der Waals surface area contributed by atoms with Gasteiger partial charge in [0.2, 0.25) is 5.91 Å². The lowest BCUT2D eigenvalue weighted by Gasteiger charge is -2.23. The van der Waals surface area contributed by atoms with E-state index in [1.807, 2.05) is 0 Å². The molecule has 2 amide bonds. The average Bonchev–Trinajstić information content (AvgIpc) is 2.82. The van der Waals surface area contributed by atoms with Crippen molar-refractivity contribution in [3.63, 3.8) is 0 Å². The summed E-state index contributed by atoms with van der Waals surface area (Å²) in [4.78, 5) is 40.5. The zero-order valence-electron chi connectivity index (χ0n) is 19.2. The molecule has 3 unspecified atom stereocenters. The van der Waals surface area contributed by atoms with Crippen molar-refractivity contribution in [2.24, 2.45) is 4.99 Å². The molecule has 198 valence electrons. The van der Waals surface area contributed by atoms with Gasteiger partial charge in [0.05, 0.1) is 37.8 Å². The number of aliphatic imine (C=N–C) groups is 1. The number of carboxylic acids is 1. The van der Waals surface area contributed by atoms with Crippen molar-refractivity contribution in [2.75, 3.05) is 25.0 Å². The molecule has 1 heterocycles. The zero-order valence-corrected chi connectivity index (χ0v) is 20.8. The third-order valence-electron chi connectivity index (χ3n) is 5.17. The van der Waals surface area contributed by atoms with E-state index in [0.29, 0.717) is 11.6 Å². The number of carbonyl (C=O) groups is 3. The highest BCUT2D eigenvalue weighted by molar-refractivity contribution is 6.34. The molecule has 1 aliphatic rings. The van der Waals surface area contributed by atoms with Gasteiger partial charge in [0.25, 0.3) is 5.91 Å². The number of phenolic OH excluding ortho intramolecular Hbond substituents is 1. The molecule has 0 aromatic heterocycles. The first-order chi connectivity index (χ1) is 17.5. The van der Waals surface area contributed by atoms with E-state index in [2.05, 4.69) is 26.3 Å². The Morgan fingerprint density at radius 3 is 2.43 bits per heavy atom. The quantitative estimate of drug-likeness (QED) is 0.222. The third kappa shape index (κ3) is 8.50. The Labute approximate surface area is 221 Å². The lowest BCUT2D eigenvalue weighted by molar-refractivity contribution is -0.138. The number of β-amino-alcohol motifs (C(OH)–C–C–N with tert-alkyl or cyclic N) is 1. The van der Waals surface area contributed by atoms with Gasteiger partial charge < -0.3 is 41.7 Å². The van der Waals surface area contributed by atoms with Crippen molar-refractivity contribution in [1.29, 1.82) is 0 Å². The SMILES string of the molecule is O=C(O)CC(NC(=O)CNC(=O)c1cc(O)cc(NC2=NCC(O)CN2)c1)C(O)c1cc(Cl)cc(Cl)c1. The molecule has 2 aromatic carbocycles. The molecule has 2 aromatic rings. The standard InChI is InChI=1S/C23H25Cl2N5O7/c24-13-1-11(2-14(25)5-13)21(36)18(7-20(34)35)30-19(33)10-26-22(37)12-3-15(6-16(31)4-12)29-23-27-8-17(32)9-28-23/h1-6,17-18,21,31-32,36H,7-10H2,(H,26,37)(H,30,33)(H,34,35)(H2,27,28,29). The molecule has 3 atom stereocenters. The largest absolute Gasteiger partial charge is 0.508 e. The number of aliphatic hydroxyl groups excluding tert-OH is 2. The van der Waals surface area contributed by atoms with E-state index < -0.39 is 49.0 Å². The van der Waals surface area contributed by atoms with Crippen LogP contribution in [0.15, 0.2) is 41.4 Å². The van der Waals surface area contributed by atoms with Crippen molar-refractivity contribution >= 4 is 52.6 Å². The lowest BCUT2D eigenvalue weighted by Crippen LogP contribution is -2.45. The monoisotopic (exact) mass is 553 g/mol. The minimum atomic E-state index is -1.44. The van der Waals surface area contributed by atoms with Crippen molar-refractivity contribution < 1.29 is 34.8 Å². The minimum absolute atomic E-state index is 0.0300. The Bertz CT molecular complexity index is 1190. The number of rotatable bonds is 9. The maximum absolute atomic E-state index is 12.6. The molecule has 1 aliphatic heterocycles. The first-order valence-corrected chi connectivity index (χ1v) is 11.8. The molecule has 0 fully saturated rings. The second-order valence-electron chi connectivity index (χ2n) is 8.22. The Kier molecular flexibility index (Phi) is 9.53. The van der Waals surface area contributed by atoms with Gasteiger partial charge in [-0.1, -0.05) is 23.2 Å². The summed E-state index contributed by atoms with van der Waals surface area (Å²) in [7, 11) is 0. The number of anilines is 1. The van der Waals surface area contributed by atoms with Crippen molar-refractivity contribution in [1.82, 2.24) is 16.0 Å². The molecule has 0 spiro atoms. The molecule has 0 radical (unpaired) electrons. The number of aromatic hydroxyl groups is 1. The first kappa shape index (κ1) is 28.0. The number of phenols is 1. The van der Waals surface area contributed by atoms with Crippen LogP contribution in [0.5, 0.6) is 5.75 Å². The molecule has 12 nitrogen and oxygen atoms in total. The van der Waals surface area contributed by atoms with E-state index in [0.717, 1.165) is 0 Å². The van der Waals surface area contributed by atoms with E-state index in [4.69, 9.17) is 23.2 Å². The molecule has 0 bridgehead atoms. The maximum atomic E-state index is 12.6. The number of hydrogen-bond donors (Lipinski definition) is 8.